The highest BCUT2D eigenvalue weighted by atomic mass is 79.9. The summed E-state index contributed by atoms with van der Waals surface area (Å²) in [6.07, 6.45) is 0.890. The molecule has 2 nitrogen and oxygen atoms in total. The highest BCUT2D eigenvalue weighted by Gasteiger charge is 2.12. The van der Waals surface area contributed by atoms with Crippen molar-refractivity contribution in [3.63, 3.8) is 0 Å². The van der Waals surface area contributed by atoms with E-state index in [2.05, 4.69) is 27.8 Å². The Morgan fingerprint density at radius 3 is 2.94 bits per heavy atom. The molecule has 0 aliphatic rings. The van der Waals surface area contributed by atoms with Gasteiger partial charge in [0.25, 0.3) is 0 Å². The number of nitrogens with zero attached hydrogens (tertiary/aromatic N) is 1. The Labute approximate surface area is 118 Å². The summed E-state index contributed by atoms with van der Waals surface area (Å²) in [5.41, 5.74) is 7.80. The van der Waals surface area contributed by atoms with Crippen molar-refractivity contribution in [2.75, 3.05) is 0 Å². The average Bonchev–Trinajstić information content (AvgIpc) is 2.77. The van der Waals surface area contributed by atoms with E-state index in [0.717, 1.165) is 27.2 Å². The normalized spacial score (nSPS) is 12.7. The van der Waals surface area contributed by atoms with Gasteiger partial charge >= 0.3 is 0 Å². The maximum absolute atomic E-state index is 6.19. The third-order valence-corrected chi connectivity index (χ3v) is 4.27. The van der Waals surface area contributed by atoms with Crippen molar-refractivity contribution in [3.8, 4) is 11.3 Å². The van der Waals surface area contributed by atoms with Gasteiger partial charge in [0, 0.05) is 15.4 Å². The van der Waals surface area contributed by atoms with Crippen LogP contribution in [0.15, 0.2) is 28.1 Å². The van der Waals surface area contributed by atoms with Crippen LogP contribution in [-0.2, 0) is 0 Å². The van der Waals surface area contributed by atoms with Crippen molar-refractivity contribution in [1.29, 1.82) is 0 Å². The van der Waals surface area contributed by atoms with Gasteiger partial charge in [-0.2, -0.15) is 0 Å². The van der Waals surface area contributed by atoms with Gasteiger partial charge in [-0.3, -0.25) is 0 Å². The van der Waals surface area contributed by atoms with Crippen molar-refractivity contribution in [3.05, 3.63) is 38.1 Å². The highest BCUT2D eigenvalue weighted by molar-refractivity contribution is 9.10. The molecule has 1 atom stereocenters. The topological polar surface area (TPSA) is 38.9 Å². The molecule has 1 heterocycles. The lowest BCUT2D eigenvalue weighted by molar-refractivity contribution is 0.693. The minimum absolute atomic E-state index is 0.0166. The molecule has 1 aromatic heterocycles. The van der Waals surface area contributed by atoms with Crippen molar-refractivity contribution in [2.24, 2.45) is 5.73 Å². The molecule has 1 unspecified atom stereocenters. The Bertz CT molecular complexity index is 527. The largest absolute Gasteiger partial charge is 0.322 e. The van der Waals surface area contributed by atoms with Gasteiger partial charge < -0.3 is 5.73 Å². The van der Waals surface area contributed by atoms with Gasteiger partial charge in [0.15, 0.2) is 0 Å². The monoisotopic (exact) mass is 330 g/mol. The van der Waals surface area contributed by atoms with Crippen molar-refractivity contribution < 1.29 is 0 Å². The summed E-state index contributed by atoms with van der Waals surface area (Å²) in [4.78, 5) is 4.54. The quantitative estimate of drug-likeness (QED) is 0.890. The molecule has 0 aliphatic carbocycles. The van der Waals surface area contributed by atoms with Crippen LogP contribution in [0.1, 0.15) is 24.4 Å². The molecule has 0 spiro atoms. The average molecular weight is 332 g/mol. The molecule has 2 aromatic rings. The first kappa shape index (κ1) is 13.0. The van der Waals surface area contributed by atoms with Crippen LogP contribution in [0.3, 0.4) is 0 Å². The summed E-state index contributed by atoms with van der Waals surface area (Å²) in [6.45, 7) is 2.05. The summed E-state index contributed by atoms with van der Waals surface area (Å²) in [7, 11) is 0. The van der Waals surface area contributed by atoms with E-state index >= 15 is 0 Å². The molecule has 1 aromatic carbocycles. The van der Waals surface area contributed by atoms with Gasteiger partial charge in [-0.1, -0.05) is 40.5 Å². The van der Waals surface area contributed by atoms with Crippen LogP contribution in [0, 0.1) is 0 Å². The number of halogens is 2. The van der Waals surface area contributed by atoms with Gasteiger partial charge in [-0.05, 0) is 18.6 Å². The van der Waals surface area contributed by atoms with Crippen LogP contribution >= 0.6 is 38.9 Å². The van der Waals surface area contributed by atoms with E-state index in [1.165, 1.54) is 0 Å². The summed E-state index contributed by atoms with van der Waals surface area (Å²) in [5.74, 6) is 0. The number of hydrogen-bond acceptors (Lipinski definition) is 3. The second-order valence-electron chi connectivity index (χ2n) is 3.71. The molecule has 0 aliphatic heterocycles. The minimum Gasteiger partial charge on any atom is -0.322 e. The molecule has 2 N–H and O–H groups in total. The summed E-state index contributed by atoms with van der Waals surface area (Å²) < 4.78 is 0.965. The first-order valence-electron chi connectivity index (χ1n) is 5.28. The Balaban J connectivity index is 2.37. The first-order valence-corrected chi connectivity index (χ1v) is 7.33. The molecule has 0 fully saturated rings. The smallest absolute Gasteiger partial charge is 0.110 e. The van der Waals surface area contributed by atoms with Gasteiger partial charge in [-0.15, -0.1) is 11.3 Å². The lowest BCUT2D eigenvalue weighted by Gasteiger charge is -2.03. The van der Waals surface area contributed by atoms with E-state index in [9.17, 15) is 0 Å². The standard InChI is InChI=1S/C12H12BrClN2S/c1-2-10(15)12-16-11(6-17-12)8-4-3-7(13)5-9(8)14/h3-6,10H,2,15H2,1H3. The molecule has 2 rings (SSSR count). The zero-order valence-electron chi connectivity index (χ0n) is 9.28. The molecule has 0 saturated heterocycles. The Morgan fingerprint density at radius 1 is 1.53 bits per heavy atom. The van der Waals surface area contributed by atoms with E-state index in [1.54, 1.807) is 11.3 Å². The Hall–Kier alpha value is -0.420. The third kappa shape index (κ3) is 2.88. The van der Waals surface area contributed by atoms with Crippen molar-refractivity contribution in [2.45, 2.75) is 19.4 Å². The van der Waals surface area contributed by atoms with Gasteiger partial charge in [0.05, 0.1) is 16.8 Å². The fourth-order valence-electron chi connectivity index (χ4n) is 1.45. The van der Waals surface area contributed by atoms with E-state index < -0.39 is 0 Å². The number of benzene rings is 1. The molecule has 0 amide bonds. The van der Waals surface area contributed by atoms with Crippen molar-refractivity contribution >= 4 is 38.9 Å². The first-order chi connectivity index (χ1) is 8.11. The predicted octanol–water partition coefficient (Wildman–Crippen LogP) is 4.64. The number of nitrogens with two attached hydrogens (primary N) is 1. The summed E-state index contributed by atoms with van der Waals surface area (Å²) in [6, 6.07) is 5.81. The Kier molecular flexibility index (Phi) is 4.20. The highest BCUT2D eigenvalue weighted by Crippen LogP contribution is 2.32. The summed E-state index contributed by atoms with van der Waals surface area (Å²) in [5, 5.41) is 3.66. The molecule has 0 saturated carbocycles. The number of hydrogen-bond donors (Lipinski definition) is 1. The third-order valence-electron chi connectivity index (χ3n) is 2.49. The maximum atomic E-state index is 6.19. The van der Waals surface area contributed by atoms with E-state index in [1.807, 2.05) is 23.6 Å². The molecule has 5 heteroatoms. The number of rotatable bonds is 3. The maximum Gasteiger partial charge on any atom is 0.110 e. The molecular weight excluding hydrogens is 320 g/mol. The van der Waals surface area contributed by atoms with Crippen molar-refractivity contribution in [1.82, 2.24) is 4.98 Å². The Morgan fingerprint density at radius 2 is 2.29 bits per heavy atom. The zero-order valence-corrected chi connectivity index (χ0v) is 12.4. The lowest BCUT2D eigenvalue weighted by Crippen LogP contribution is -2.07. The van der Waals surface area contributed by atoms with E-state index in [0.29, 0.717) is 5.02 Å². The molecule has 0 bridgehead atoms. The molecule has 0 radical (unpaired) electrons. The van der Waals surface area contributed by atoms with Gasteiger partial charge in [-0.25, -0.2) is 4.98 Å². The van der Waals surface area contributed by atoms with Crippen LogP contribution in [-0.4, -0.2) is 4.98 Å². The summed E-state index contributed by atoms with van der Waals surface area (Å²) >= 11 is 11.2. The zero-order chi connectivity index (χ0) is 12.4. The fourth-order valence-corrected chi connectivity index (χ4v) is 3.13. The molecule has 90 valence electrons. The van der Waals surface area contributed by atoms with Crippen LogP contribution < -0.4 is 5.73 Å². The van der Waals surface area contributed by atoms with E-state index in [4.69, 9.17) is 17.3 Å². The fraction of sp³-hybridized carbons (Fsp3) is 0.250. The predicted molar refractivity (Wildman–Crippen MR) is 77.5 cm³/mol. The van der Waals surface area contributed by atoms with Crippen LogP contribution in [0.25, 0.3) is 11.3 Å². The second kappa shape index (κ2) is 5.48. The van der Waals surface area contributed by atoms with Crippen LogP contribution in [0.4, 0.5) is 0 Å². The van der Waals surface area contributed by atoms with Gasteiger partial charge in [0.1, 0.15) is 5.01 Å². The van der Waals surface area contributed by atoms with Crippen LogP contribution in [0.2, 0.25) is 5.02 Å². The lowest BCUT2D eigenvalue weighted by atomic mass is 10.2. The van der Waals surface area contributed by atoms with E-state index in [-0.39, 0.29) is 6.04 Å². The van der Waals surface area contributed by atoms with Gasteiger partial charge in [0.2, 0.25) is 0 Å². The molecular formula is C12H12BrClN2S. The number of thiazole rings is 1. The SMILES string of the molecule is CCC(N)c1nc(-c2ccc(Br)cc2Cl)cs1. The van der Waals surface area contributed by atoms with Crippen LogP contribution in [0.5, 0.6) is 0 Å². The number of aromatic nitrogens is 1. The second-order valence-corrected chi connectivity index (χ2v) is 5.92. The molecule has 17 heavy (non-hydrogen) atoms. The minimum atomic E-state index is 0.0166.